The number of hydrogen-bond acceptors (Lipinski definition) is 3. The molecule has 1 aromatic heterocycles. The van der Waals surface area contributed by atoms with Crippen LogP contribution in [0, 0.1) is 0 Å². The second-order valence-electron chi connectivity index (χ2n) is 5.65. The van der Waals surface area contributed by atoms with E-state index in [1.165, 1.54) is 7.11 Å². The summed E-state index contributed by atoms with van der Waals surface area (Å²) >= 11 is 3.42. The highest BCUT2D eigenvalue weighted by molar-refractivity contribution is 9.10. The number of aromatic amines is 1. The molecule has 124 valence electrons. The van der Waals surface area contributed by atoms with Crippen molar-refractivity contribution in [1.29, 1.82) is 0 Å². The van der Waals surface area contributed by atoms with Gasteiger partial charge in [0.25, 0.3) is 0 Å². The zero-order chi connectivity index (χ0) is 16.9. The normalized spacial score (nSPS) is 12.2. The van der Waals surface area contributed by atoms with Crippen LogP contribution in [-0.4, -0.2) is 24.1 Å². The molecule has 0 aliphatic rings. The number of carbonyl (C=O) groups excluding carboxylic acids is 1. The van der Waals surface area contributed by atoms with Gasteiger partial charge in [0.05, 0.1) is 7.11 Å². The summed E-state index contributed by atoms with van der Waals surface area (Å²) in [4.78, 5) is 15.4. The molecule has 0 radical (unpaired) electrons. The van der Waals surface area contributed by atoms with Crippen LogP contribution >= 0.6 is 15.9 Å². The van der Waals surface area contributed by atoms with E-state index in [1.807, 2.05) is 48.7 Å². The third-order valence-corrected chi connectivity index (χ3v) is 4.58. The molecule has 1 atom stereocenters. The SMILES string of the molecule is COC(=O)[C@@H](Cc1c[nH]c2ccccc12)NCc1ccc(Br)cc1. The highest BCUT2D eigenvalue weighted by Gasteiger charge is 2.20. The number of esters is 1. The van der Waals surface area contributed by atoms with Gasteiger partial charge in [-0.25, -0.2) is 0 Å². The summed E-state index contributed by atoms with van der Waals surface area (Å²) in [5.41, 5.74) is 3.29. The maximum Gasteiger partial charge on any atom is 0.323 e. The van der Waals surface area contributed by atoms with Gasteiger partial charge in [-0.05, 0) is 29.3 Å². The van der Waals surface area contributed by atoms with Crippen LogP contribution in [0.4, 0.5) is 0 Å². The monoisotopic (exact) mass is 386 g/mol. The molecule has 3 rings (SSSR count). The van der Waals surface area contributed by atoms with E-state index < -0.39 is 6.04 Å². The van der Waals surface area contributed by atoms with Crippen molar-refractivity contribution in [2.45, 2.75) is 19.0 Å². The summed E-state index contributed by atoms with van der Waals surface area (Å²) < 4.78 is 6.00. The molecule has 0 spiro atoms. The molecule has 3 aromatic rings. The number of fused-ring (bicyclic) bond motifs is 1. The molecule has 0 bridgehead atoms. The fourth-order valence-electron chi connectivity index (χ4n) is 2.74. The maximum absolute atomic E-state index is 12.1. The van der Waals surface area contributed by atoms with Gasteiger partial charge in [-0.15, -0.1) is 0 Å². The average molecular weight is 387 g/mol. The van der Waals surface area contributed by atoms with Gasteiger partial charge in [0.2, 0.25) is 0 Å². The molecule has 0 saturated carbocycles. The molecule has 0 amide bonds. The van der Waals surface area contributed by atoms with Gasteiger partial charge in [-0.2, -0.15) is 0 Å². The van der Waals surface area contributed by atoms with Crippen LogP contribution in [-0.2, 0) is 22.5 Å². The highest BCUT2D eigenvalue weighted by atomic mass is 79.9. The molecule has 0 aliphatic heterocycles. The van der Waals surface area contributed by atoms with Crippen molar-refractivity contribution in [2.24, 2.45) is 0 Å². The molecule has 24 heavy (non-hydrogen) atoms. The summed E-state index contributed by atoms with van der Waals surface area (Å²) in [5, 5.41) is 4.44. The minimum Gasteiger partial charge on any atom is -0.468 e. The van der Waals surface area contributed by atoms with Crippen molar-refractivity contribution < 1.29 is 9.53 Å². The third kappa shape index (κ3) is 3.86. The lowest BCUT2D eigenvalue weighted by Crippen LogP contribution is -2.39. The van der Waals surface area contributed by atoms with Crippen LogP contribution in [0.3, 0.4) is 0 Å². The lowest BCUT2D eigenvalue weighted by molar-refractivity contribution is -0.143. The Hall–Kier alpha value is -2.11. The number of aromatic nitrogens is 1. The van der Waals surface area contributed by atoms with E-state index >= 15 is 0 Å². The standard InChI is InChI=1S/C19H19BrN2O2/c1-24-19(23)18(21-11-13-6-8-15(20)9-7-13)10-14-12-22-17-5-3-2-4-16(14)17/h2-9,12,18,21-22H,10-11H2,1H3/t18-/m1/s1. The van der Waals surface area contributed by atoms with E-state index in [4.69, 9.17) is 4.74 Å². The fourth-order valence-corrected chi connectivity index (χ4v) is 3.01. The van der Waals surface area contributed by atoms with Crippen LogP contribution in [0.1, 0.15) is 11.1 Å². The van der Waals surface area contributed by atoms with Crippen LogP contribution in [0.5, 0.6) is 0 Å². The minimum atomic E-state index is -0.391. The number of nitrogens with one attached hydrogen (secondary N) is 2. The minimum absolute atomic E-state index is 0.252. The van der Waals surface area contributed by atoms with Crippen molar-refractivity contribution in [3.8, 4) is 0 Å². The maximum atomic E-state index is 12.1. The van der Waals surface area contributed by atoms with Crippen molar-refractivity contribution in [3.05, 3.63) is 70.3 Å². The summed E-state index contributed by atoms with van der Waals surface area (Å²) in [7, 11) is 1.42. The highest BCUT2D eigenvalue weighted by Crippen LogP contribution is 2.19. The lowest BCUT2D eigenvalue weighted by Gasteiger charge is -2.16. The van der Waals surface area contributed by atoms with Crippen molar-refractivity contribution in [2.75, 3.05) is 7.11 Å². The molecule has 2 N–H and O–H groups in total. The molecule has 0 fully saturated rings. The van der Waals surface area contributed by atoms with E-state index in [0.717, 1.165) is 26.5 Å². The first-order chi connectivity index (χ1) is 11.7. The Balaban J connectivity index is 1.74. The summed E-state index contributed by atoms with van der Waals surface area (Å²) in [6, 6.07) is 15.7. The molecule has 0 saturated heterocycles. The van der Waals surface area contributed by atoms with Gasteiger partial charge in [0, 0.05) is 34.5 Å². The Morgan fingerprint density at radius 1 is 1.21 bits per heavy atom. The van der Waals surface area contributed by atoms with Crippen molar-refractivity contribution >= 4 is 32.8 Å². The van der Waals surface area contributed by atoms with Crippen molar-refractivity contribution in [1.82, 2.24) is 10.3 Å². The zero-order valence-corrected chi connectivity index (χ0v) is 15.0. The van der Waals surface area contributed by atoms with Crippen LogP contribution in [0.15, 0.2) is 59.2 Å². The average Bonchev–Trinajstić information content (AvgIpc) is 3.02. The number of halogens is 1. The zero-order valence-electron chi connectivity index (χ0n) is 13.4. The number of carbonyl (C=O) groups is 1. The van der Waals surface area contributed by atoms with E-state index in [0.29, 0.717) is 13.0 Å². The Morgan fingerprint density at radius 3 is 2.71 bits per heavy atom. The summed E-state index contributed by atoms with van der Waals surface area (Å²) in [6.45, 7) is 0.607. The van der Waals surface area contributed by atoms with Crippen LogP contribution in [0.2, 0.25) is 0 Å². The first kappa shape index (κ1) is 16.7. The number of para-hydroxylation sites is 1. The Bertz CT molecular complexity index is 827. The number of rotatable bonds is 6. The predicted octanol–water partition coefficient (Wildman–Crippen LogP) is 3.80. The number of hydrogen-bond donors (Lipinski definition) is 2. The molecular formula is C19H19BrN2O2. The number of methoxy groups -OCH3 is 1. The Labute approximate surface area is 149 Å². The van der Waals surface area contributed by atoms with Gasteiger partial charge < -0.3 is 15.0 Å². The summed E-state index contributed by atoms with van der Waals surface area (Å²) in [6.07, 6.45) is 2.54. The lowest BCUT2D eigenvalue weighted by atomic mass is 10.0. The van der Waals surface area contributed by atoms with Gasteiger partial charge in [0.15, 0.2) is 0 Å². The second-order valence-corrected chi connectivity index (χ2v) is 6.56. The molecule has 1 heterocycles. The molecule has 2 aromatic carbocycles. The Kier molecular flexibility index (Phi) is 5.33. The number of H-pyrrole nitrogens is 1. The largest absolute Gasteiger partial charge is 0.468 e. The fraction of sp³-hybridized carbons (Fsp3) is 0.211. The number of benzene rings is 2. The molecular weight excluding hydrogens is 368 g/mol. The van der Waals surface area contributed by atoms with E-state index in [-0.39, 0.29) is 5.97 Å². The smallest absolute Gasteiger partial charge is 0.323 e. The van der Waals surface area contributed by atoms with Gasteiger partial charge >= 0.3 is 5.97 Å². The van der Waals surface area contributed by atoms with Crippen LogP contribution < -0.4 is 5.32 Å². The predicted molar refractivity (Wildman–Crippen MR) is 98.8 cm³/mol. The van der Waals surface area contributed by atoms with Gasteiger partial charge in [-0.3, -0.25) is 4.79 Å². The number of ether oxygens (including phenoxy) is 1. The molecule has 0 aliphatic carbocycles. The quantitative estimate of drug-likeness (QED) is 0.633. The molecule has 5 heteroatoms. The first-order valence-electron chi connectivity index (χ1n) is 7.78. The summed E-state index contributed by atoms with van der Waals surface area (Å²) in [5.74, 6) is -0.252. The van der Waals surface area contributed by atoms with E-state index in [1.54, 1.807) is 0 Å². The van der Waals surface area contributed by atoms with Gasteiger partial charge in [0.1, 0.15) is 6.04 Å². The topological polar surface area (TPSA) is 54.1 Å². The van der Waals surface area contributed by atoms with E-state index in [2.05, 4.69) is 32.3 Å². The molecule has 4 nitrogen and oxygen atoms in total. The second kappa shape index (κ2) is 7.64. The van der Waals surface area contributed by atoms with Crippen LogP contribution in [0.25, 0.3) is 10.9 Å². The molecule has 0 unspecified atom stereocenters. The first-order valence-corrected chi connectivity index (χ1v) is 8.57. The Morgan fingerprint density at radius 2 is 1.96 bits per heavy atom. The third-order valence-electron chi connectivity index (χ3n) is 4.05. The van der Waals surface area contributed by atoms with Gasteiger partial charge in [-0.1, -0.05) is 46.3 Å². The van der Waals surface area contributed by atoms with E-state index in [9.17, 15) is 4.79 Å². The van der Waals surface area contributed by atoms with Crippen molar-refractivity contribution in [3.63, 3.8) is 0 Å².